The second kappa shape index (κ2) is 6.74. The third-order valence-corrected chi connectivity index (χ3v) is 5.65. The smallest absolute Gasteiger partial charge is 0.244 e. The van der Waals surface area contributed by atoms with Crippen molar-refractivity contribution in [2.24, 2.45) is 0 Å². The summed E-state index contributed by atoms with van der Waals surface area (Å²) in [4.78, 5) is 0.388. The van der Waals surface area contributed by atoms with Crippen LogP contribution in [-0.4, -0.2) is 27.2 Å². The summed E-state index contributed by atoms with van der Waals surface area (Å²) in [6.45, 7) is 1.63. The number of halogens is 1. The van der Waals surface area contributed by atoms with Crippen molar-refractivity contribution in [2.45, 2.75) is 17.9 Å². The monoisotopic (exact) mass is 345 g/mol. The summed E-state index contributed by atoms with van der Waals surface area (Å²) in [7, 11) is -2.69. The van der Waals surface area contributed by atoms with Crippen molar-refractivity contribution < 1.29 is 22.7 Å². The van der Waals surface area contributed by atoms with Gasteiger partial charge in [0.2, 0.25) is 10.0 Å². The minimum absolute atomic E-state index is 0.0377. The third-order valence-electron chi connectivity index (χ3n) is 3.09. The van der Waals surface area contributed by atoms with Crippen LogP contribution in [0.1, 0.15) is 16.5 Å². The van der Waals surface area contributed by atoms with Gasteiger partial charge in [0.1, 0.15) is 22.6 Å². The number of aliphatic hydroxyl groups is 1. The van der Waals surface area contributed by atoms with Gasteiger partial charge in [0.15, 0.2) is 0 Å². The van der Waals surface area contributed by atoms with Crippen LogP contribution in [0, 0.1) is 12.7 Å². The molecule has 1 atom stereocenters. The third kappa shape index (κ3) is 3.64. The Kier molecular flexibility index (Phi) is 5.17. The van der Waals surface area contributed by atoms with Crippen molar-refractivity contribution in [1.82, 2.24) is 4.72 Å². The summed E-state index contributed by atoms with van der Waals surface area (Å²) >= 11 is 1.34. The average Bonchev–Trinajstić information content (AvgIpc) is 2.91. The van der Waals surface area contributed by atoms with Gasteiger partial charge in [-0.3, -0.25) is 0 Å². The van der Waals surface area contributed by atoms with Gasteiger partial charge < -0.3 is 9.84 Å². The van der Waals surface area contributed by atoms with E-state index >= 15 is 0 Å². The number of methoxy groups -OCH3 is 1. The molecule has 120 valence electrons. The molecule has 5 nitrogen and oxygen atoms in total. The molecular weight excluding hydrogens is 329 g/mol. The number of aliphatic hydroxyl groups excluding tert-OH is 1. The molecule has 0 saturated heterocycles. The van der Waals surface area contributed by atoms with E-state index in [1.54, 1.807) is 0 Å². The predicted octanol–water partition coefficient (Wildman–Crippen LogP) is 2.22. The van der Waals surface area contributed by atoms with Crippen molar-refractivity contribution >= 4 is 21.4 Å². The molecule has 0 aliphatic heterocycles. The summed E-state index contributed by atoms with van der Waals surface area (Å²) in [6.07, 6.45) is -0.964. The highest BCUT2D eigenvalue weighted by Gasteiger charge is 2.22. The average molecular weight is 345 g/mol. The molecule has 8 heteroatoms. The number of ether oxygens (including phenoxy) is 1. The molecule has 0 bridgehead atoms. The minimum atomic E-state index is -3.99. The van der Waals surface area contributed by atoms with E-state index in [1.165, 1.54) is 24.5 Å². The molecule has 2 N–H and O–H groups in total. The fourth-order valence-corrected chi connectivity index (χ4v) is 4.08. The molecule has 0 aliphatic carbocycles. The minimum Gasteiger partial charge on any atom is -0.495 e. The highest BCUT2D eigenvalue weighted by Crippen LogP contribution is 2.26. The van der Waals surface area contributed by atoms with Gasteiger partial charge in [-0.2, -0.15) is 0 Å². The highest BCUT2D eigenvalue weighted by molar-refractivity contribution is 7.89. The maximum absolute atomic E-state index is 13.3. The molecule has 2 rings (SSSR count). The molecule has 0 amide bonds. The summed E-state index contributed by atoms with van der Waals surface area (Å²) < 4.78 is 45.0. The number of aryl methyl sites for hydroxylation is 1. The summed E-state index contributed by atoms with van der Waals surface area (Å²) in [6, 6.07) is 5.07. The molecule has 1 heterocycles. The first kappa shape index (κ1) is 16.9. The first-order valence-corrected chi connectivity index (χ1v) is 8.76. The fourth-order valence-electron chi connectivity index (χ4n) is 1.95. The standard InChI is InChI=1S/C14H16FNO4S2/c1-9-5-6-21-14(9)11(17)8-16-22(18,19)13-7-10(15)3-4-12(13)20-2/h3-7,11,16-17H,8H2,1-2H3/t11-/m1/s1. The Morgan fingerprint density at radius 3 is 2.73 bits per heavy atom. The lowest BCUT2D eigenvalue weighted by Gasteiger charge is -2.14. The van der Waals surface area contributed by atoms with E-state index in [2.05, 4.69) is 4.72 Å². The first-order valence-electron chi connectivity index (χ1n) is 6.40. The largest absolute Gasteiger partial charge is 0.495 e. The number of hydrogen-bond acceptors (Lipinski definition) is 5. The maximum Gasteiger partial charge on any atom is 0.244 e. The van der Waals surface area contributed by atoms with Gasteiger partial charge in [-0.25, -0.2) is 17.5 Å². The molecular formula is C14H16FNO4S2. The SMILES string of the molecule is COc1ccc(F)cc1S(=O)(=O)NC[C@@H](O)c1sccc1C. The van der Waals surface area contributed by atoms with E-state index in [4.69, 9.17) is 4.74 Å². The Labute approximate surface area is 132 Å². The van der Waals surface area contributed by atoms with E-state index in [1.807, 2.05) is 18.4 Å². The van der Waals surface area contributed by atoms with Gasteiger partial charge in [-0.1, -0.05) is 0 Å². The second-order valence-electron chi connectivity index (χ2n) is 4.63. The summed E-state index contributed by atoms with van der Waals surface area (Å²) in [5.74, 6) is -0.647. The molecule has 0 unspecified atom stereocenters. The second-order valence-corrected chi connectivity index (χ2v) is 7.31. The van der Waals surface area contributed by atoms with Crippen molar-refractivity contribution in [2.75, 3.05) is 13.7 Å². The number of sulfonamides is 1. The molecule has 0 spiro atoms. The number of nitrogens with one attached hydrogen (secondary N) is 1. The molecule has 0 fully saturated rings. The topological polar surface area (TPSA) is 75.6 Å². The lowest BCUT2D eigenvalue weighted by molar-refractivity contribution is 0.185. The molecule has 0 radical (unpaired) electrons. The van der Waals surface area contributed by atoms with Crippen LogP contribution < -0.4 is 9.46 Å². The summed E-state index contributed by atoms with van der Waals surface area (Å²) in [5, 5.41) is 11.9. The van der Waals surface area contributed by atoms with Gasteiger partial charge in [0.05, 0.1) is 7.11 Å². The zero-order valence-electron chi connectivity index (χ0n) is 12.0. The zero-order chi connectivity index (χ0) is 16.3. The van der Waals surface area contributed by atoms with E-state index in [-0.39, 0.29) is 17.2 Å². The predicted molar refractivity (Wildman–Crippen MR) is 82.2 cm³/mol. The van der Waals surface area contributed by atoms with Crippen molar-refractivity contribution in [3.8, 4) is 5.75 Å². The van der Waals surface area contributed by atoms with Crippen LogP contribution in [0.2, 0.25) is 0 Å². The Hall–Kier alpha value is -1.48. The molecule has 1 aromatic heterocycles. The number of thiophene rings is 1. The Morgan fingerprint density at radius 2 is 2.14 bits per heavy atom. The number of benzene rings is 1. The lowest BCUT2D eigenvalue weighted by atomic mass is 10.2. The normalized spacial score (nSPS) is 13.1. The zero-order valence-corrected chi connectivity index (χ0v) is 13.7. The lowest BCUT2D eigenvalue weighted by Crippen LogP contribution is -2.29. The summed E-state index contributed by atoms with van der Waals surface area (Å²) in [5.41, 5.74) is 0.889. The Balaban J connectivity index is 2.18. The van der Waals surface area contributed by atoms with Crippen LogP contribution >= 0.6 is 11.3 Å². The van der Waals surface area contributed by atoms with Gasteiger partial charge in [-0.15, -0.1) is 11.3 Å². The van der Waals surface area contributed by atoms with Crippen LogP contribution in [0.3, 0.4) is 0 Å². The number of hydrogen-bond donors (Lipinski definition) is 2. The van der Waals surface area contributed by atoms with Crippen LogP contribution in [0.5, 0.6) is 5.75 Å². The first-order chi connectivity index (χ1) is 10.3. The van der Waals surface area contributed by atoms with E-state index < -0.39 is 21.9 Å². The van der Waals surface area contributed by atoms with Crippen LogP contribution in [0.15, 0.2) is 34.5 Å². The van der Waals surface area contributed by atoms with Crippen LogP contribution in [0.25, 0.3) is 0 Å². The molecule has 2 aromatic rings. The highest BCUT2D eigenvalue weighted by atomic mass is 32.2. The Bertz CT molecular complexity index is 758. The van der Waals surface area contributed by atoms with E-state index in [0.717, 1.165) is 17.7 Å². The van der Waals surface area contributed by atoms with Crippen molar-refractivity contribution in [1.29, 1.82) is 0 Å². The van der Waals surface area contributed by atoms with Crippen molar-refractivity contribution in [3.63, 3.8) is 0 Å². The quantitative estimate of drug-likeness (QED) is 0.842. The van der Waals surface area contributed by atoms with E-state index in [0.29, 0.717) is 4.88 Å². The van der Waals surface area contributed by atoms with Gasteiger partial charge in [0, 0.05) is 11.4 Å². The maximum atomic E-state index is 13.3. The number of rotatable bonds is 6. The molecule has 1 aromatic carbocycles. The van der Waals surface area contributed by atoms with Gasteiger partial charge in [-0.05, 0) is 42.1 Å². The molecule has 22 heavy (non-hydrogen) atoms. The molecule has 0 aliphatic rings. The molecule has 0 saturated carbocycles. The van der Waals surface area contributed by atoms with Gasteiger partial charge in [0.25, 0.3) is 0 Å². The van der Waals surface area contributed by atoms with Crippen molar-refractivity contribution in [3.05, 3.63) is 45.9 Å². The Morgan fingerprint density at radius 1 is 1.41 bits per heavy atom. The van der Waals surface area contributed by atoms with Gasteiger partial charge >= 0.3 is 0 Å². The van der Waals surface area contributed by atoms with Crippen LogP contribution in [-0.2, 0) is 10.0 Å². The fraction of sp³-hybridized carbons (Fsp3) is 0.286. The van der Waals surface area contributed by atoms with Crippen LogP contribution in [0.4, 0.5) is 4.39 Å². The van der Waals surface area contributed by atoms with E-state index in [9.17, 15) is 17.9 Å².